The van der Waals surface area contributed by atoms with Gasteiger partial charge in [-0.3, -0.25) is 9.59 Å². The molecular formula is C18H20O4. The van der Waals surface area contributed by atoms with Crippen LogP contribution < -0.4 is 0 Å². The number of carboxylic acids is 1. The molecule has 1 N–H and O–H groups in total. The van der Waals surface area contributed by atoms with Gasteiger partial charge < -0.3 is 9.84 Å². The van der Waals surface area contributed by atoms with E-state index in [4.69, 9.17) is 9.84 Å². The maximum absolute atomic E-state index is 12.3. The van der Waals surface area contributed by atoms with Gasteiger partial charge in [0.2, 0.25) is 0 Å². The molecule has 0 aromatic rings. The van der Waals surface area contributed by atoms with Gasteiger partial charge in [-0.25, -0.2) is 0 Å². The van der Waals surface area contributed by atoms with Crippen LogP contribution in [-0.2, 0) is 14.3 Å². The third-order valence-electron chi connectivity index (χ3n) is 4.57. The van der Waals surface area contributed by atoms with Gasteiger partial charge in [-0.15, -0.1) is 0 Å². The first-order valence-corrected chi connectivity index (χ1v) is 7.70. The fraction of sp³-hybridized carbons (Fsp3) is 0.444. The molecule has 0 aromatic carbocycles. The smallest absolute Gasteiger partial charge is 0.303 e. The van der Waals surface area contributed by atoms with E-state index in [1.165, 1.54) is 0 Å². The molecule has 4 atom stereocenters. The number of ether oxygens (including phenoxy) is 1. The minimum absolute atomic E-state index is 0.0375. The molecule has 0 spiro atoms. The number of fused-ring (bicyclic) bond motifs is 3. The third-order valence-corrected chi connectivity index (χ3v) is 4.57. The van der Waals surface area contributed by atoms with Gasteiger partial charge in [0.1, 0.15) is 6.10 Å². The van der Waals surface area contributed by atoms with Crippen LogP contribution in [0, 0.1) is 11.8 Å². The first-order valence-electron chi connectivity index (χ1n) is 7.70. The second kappa shape index (κ2) is 6.05. The first kappa shape index (κ1) is 15.0. The first-order chi connectivity index (χ1) is 10.6. The molecule has 0 radical (unpaired) electrons. The Hall–Kier alpha value is -1.94. The van der Waals surface area contributed by atoms with Gasteiger partial charge >= 0.3 is 5.97 Å². The SMILES string of the molecule is CC1=C[C@H]2[C@@H]3CC=CC3=CC(=O)[C@@H]2OC1/C=C/CCC(=O)O. The number of aliphatic carboxylic acids is 1. The van der Waals surface area contributed by atoms with Gasteiger partial charge in [-0.05, 0) is 42.9 Å². The van der Waals surface area contributed by atoms with E-state index in [1.54, 1.807) is 6.08 Å². The lowest BCUT2D eigenvalue weighted by molar-refractivity contribution is -0.137. The Kier molecular flexibility index (Phi) is 4.12. The highest BCUT2D eigenvalue weighted by Crippen LogP contribution is 2.42. The van der Waals surface area contributed by atoms with Gasteiger partial charge in [0.25, 0.3) is 0 Å². The Morgan fingerprint density at radius 2 is 2.32 bits per heavy atom. The maximum atomic E-state index is 12.3. The molecule has 116 valence electrons. The summed E-state index contributed by atoms with van der Waals surface area (Å²) < 4.78 is 6.01. The van der Waals surface area contributed by atoms with Crippen molar-refractivity contribution in [2.75, 3.05) is 0 Å². The normalized spacial score (nSPS) is 33.4. The van der Waals surface area contributed by atoms with Gasteiger partial charge in [-0.1, -0.05) is 30.4 Å². The molecule has 1 heterocycles. The molecule has 4 nitrogen and oxygen atoms in total. The quantitative estimate of drug-likeness (QED) is 0.811. The van der Waals surface area contributed by atoms with Crippen LogP contribution in [0.3, 0.4) is 0 Å². The molecule has 0 aromatic heterocycles. The summed E-state index contributed by atoms with van der Waals surface area (Å²) in [5.74, 6) is -0.299. The molecule has 3 rings (SSSR count). The van der Waals surface area contributed by atoms with E-state index < -0.39 is 12.1 Å². The zero-order chi connectivity index (χ0) is 15.7. The molecule has 22 heavy (non-hydrogen) atoms. The highest BCUT2D eigenvalue weighted by molar-refractivity contribution is 5.96. The number of carbonyl (C=O) groups excluding carboxylic acids is 1. The molecule has 3 aliphatic rings. The zero-order valence-electron chi connectivity index (χ0n) is 12.6. The van der Waals surface area contributed by atoms with Crippen LogP contribution in [-0.4, -0.2) is 29.1 Å². The summed E-state index contributed by atoms with van der Waals surface area (Å²) in [7, 11) is 0. The molecule has 0 bridgehead atoms. The molecule has 0 saturated carbocycles. The van der Waals surface area contributed by atoms with E-state index in [2.05, 4.69) is 12.2 Å². The number of rotatable bonds is 4. The largest absolute Gasteiger partial charge is 0.481 e. The second-order valence-electron chi connectivity index (χ2n) is 6.12. The van der Waals surface area contributed by atoms with E-state index in [-0.39, 0.29) is 24.2 Å². The van der Waals surface area contributed by atoms with Gasteiger partial charge in [0, 0.05) is 12.3 Å². The molecule has 4 heteroatoms. The minimum atomic E-state index is -0.810. The molecule has 2 aliphatic carbocycles. The molecule has 1 unspecified atom stereocenters. The van der Waals surface area contributed by atoms with Crippen LogP contribution in [0.4, 0.5) is 0 Å². The highest BCUT2D eigenvalue weighted by atomic mass is 16.5. The highest BCUT2D eigenvalue weighted by Gasteiger charge is 2.42. The van der Waals surface area contributed by atoms with E-state index in [9.17, 15) is 9.59 Å². The summed E-state index contributed by atoms with van der Waals surface area (Å²) in [6.45, 7) is 2.01. The molecular weight excluding hydrogens is 280 g/mol. The Bertz CT molecular complexity index is 609. The predicted octanol–water partition coefficient (Wildman–Crippen LogP) is 2.82. The summed E-state index contributed by atoms with van der Waals surface area (Å²) in [5.41, 5.74) is 2.21. The van der Waals surface area contributed by atoms with Crippen molar-refractivity contribution in [3.63, 3.8) is 0 Å². The van der Waals surface area contributed by atoms with Crippen LogP contribution >= 0.6 is 0 Å². The summed E-state index contributed by atoms with van der Waals surface area (Å²) in [4.78, 5) is 22.8. The number of carboxylic acid groups (broad SMARTS) is 1. The molecule has 0 amide bonds. The number of hydrogen-bond acceptors (Lipinski definition) is 3. The zero-order valence-corrected chi connectivity index (χ0v) is 12.6. The van der Waals surface area contributed by atoms with E-state index in [0.29, 0.717) is 12.3 Å². The summed E-state index contributed by atoms with van der Waals surface area (Å²) in [6.07, 6.45) is 12.6. The predicted molar refractivity (Wildman–Crippen MR) is 82.3 cm³/mol. The van der Waals surface area contributed by atoms with Crippen molar-refractivity contribution in [2.24, 2.45) is 11.8 Å². The van der Waals surface area contributed by atoms with Crippen molar-refractivity contribution < 1.29 is 19.4 Å². The standard InChI is InChI=1S/C18H20O4/c1-11-9-14-13-6-4-5-12(13)10-15(19)18(14)22-16(11)7-2-3-8-17(20)21/h2,4-5,7,9-10,13-14,16,18H,3,6,8H2,1H3,(H,20,21)/b7-2+/t13-,14+,16?,18-/m1/s1. The molecule has 0 fully saturated rings. The fourth-order valence-corrected chi connectivity index (χ4v) is 3.44. The average molecular weight is 300 g/mol. The van der Waals surface area contributed by atoms with Crippen molar-refractivity contribution >= 4 is 11.8 Å². The van der Waals surface area contributed by atoms with Crippen LogP contribution in [0.1, 0.15) is 26.2 Å². The van der Waals surface area contributed by atoms with Crippen LogP contribution in [0.25, 0.3) is 0 Å². The molecule has 1 aliphatic heterocycles. The van der Waals surface area contributed by atoms with Crippen molar-refractivity contribution in [1.82, 2.24) is 0 Å². The monoisotopic (exact) mass is 300 g/mol. The number of carbonyl (C=O) groups is 2. The lowest BCUT2D eigenvalue weighted by Gasteiger charge is -2.38. The maximum Gasteiger partial charge on any atom is 0.303 e. The Morgan fingerprint density at radius 1 is 1.50 bits per heavy atom. The van der Waals surface area contributed by atoms with Crippen molar-refractivity contribution in [3.05, 3.63) is 47.6 Å². The van der Waals surface area contributed by atoms with Crippen molar-refractivity contribution in [3.8, 4) is 0 Å². The summed E-state index contributed by atoms with van der Waals surface area (Å²) >= 11 is 0. The van der Waals surface area contributed by atoms with E-state index in [1.807, 2.05) is 25.2 Å². The molecule has 0 saturated heterocycles. The van der Waals surface area contributed by atoms with E-state index >= 15 is 0 Å². The van der Waals surface area contributed by atoms with Crippen molar-refractivity contribution in [1.29, 1.82) is 0 Å². The minimum Gasteiger partial charge on any atom is -0.481 e. The number of hydrogen-bond donors (Lipinski definition) is 1. The third kappa shape index (κ3) is 2.83. The van der Waals surface area contributed by atoms with E-state index in [0.717, 1.165) is 17.6 Å². The second-order valence-corrected chi connectivity index (χ2v) is 6.12. The van der Waals surface area contributed by atoms with Crippen LogP contribution in [0.15, 0.2) is 47.6 Å². The average Bonchev–Trinajstić information content (AvgIpc) is 2.92. The Morgan fingerprint density at radius 3 is 3.09 bits per heavy atom. The van der Waals surface area contributed by atoms with Crippen LogP contribution in [0.2, 0.25) is 0 Å². The van der Waals surface area contributed by atoms with Gasteiger partial charge in [-0.2, -0.15) is 0 Å². The van der Waals surface area contributed by atoms with Crippen LogP contribution in [0.5, 0.6) is 0 Å². The Labute approximate surface area is 129 Å². The number of allylic oxidation sites excluding steroid dienone is 4. The Balaban J connectivity index is 1.73. The number of ketones is 1. The summed E-state index contributed by atoms with van der Waals surface area (Å²) in [6, 6.07) is 0. The lowest BCUT2D eigenvalue weighted by atomic mass is 9.74. The summed E-state index contributed by atoms with van der Waals surface area (Å²) in [5, 5.41) is 8.65. The van der Waals surface area contributed by atoms with Gasteiger partial charge in [0.15, 0.2) is 5.78 Å². The van der Waals surface area contributed by atoms with Gasteiger partial charge in [0.05, 0.1) is 6.10 Å². The fourth-order valence-electron chi connectivity index (χ4n) is 3.44. The van der Waals surface area contributed by atoms with Crippen molar-refractivity contribution in [2.45, 2.75) is 38.4 Å². The lowest BCUT2D eigenvalue weighted by Crippen LogP contribution is -2.44. The topological polar surface area (TPSA) is 63.6 Å².